The van der Waals surface area contributed by atoms with Crippen molar-refractivity contribution in [2.24, 2.45) is 0 Å². The highest BCUT2D eigenvalue weighted by molar-refractivity contribution is 5.89. The Morgan fingerprint density at radius 1 is 1.03 bits per heavy atom. The summed E-state index contributed by atoms with van der Waals surface area (Å²) in [7, 11) is 0. The molecule has 2 aliphatic rings. The summed E-state index contributed by atoms with van der Waals surface area (Å²) in [5.74, 6) is 0. The second kappa shape index (κ2) is 9.47. The maximum Gasteiger partial charge on any atom is 0.319 e. The van der Waals surface area contributed by atoms with Crippen LogP contribution in [0.3, 0.4) is 0 Å². The Kier molecular flexibility index (Phi) is 6.24. The summed E-state index contributed by atoms with van der Waals surface area (Å²) >= 11 is 0. The quantitative estimate of drug-likeness (QED) is 0.548. The fourth-order valence-electron chi connectivity index (χ4n) is 5.34. The van der Waals surface area contributed by atoms with Crippen molar-refractivity contribution in [3.05, 3.63) is 84.2 Å². The number of carbonyl (C=O) groups is 1. The molecule has 1 fully saturated rings. The van der Waals surface area contributed by atoms with E-state index in [-0.39, 0.29) is 11.4 Å². The molecule has 1 spiro atoms. The fraction of sp³-hybridized carbons (Fsp3) is 0.357. The van der Waals surface area contributed by atoms with Crippen LogP contribution < -0.4 is 15.5 Å². The average Bonchev–Trinajstić information content (AvgIpc) is 3.18. The van der Waals surface area contributed by atoms with E-state index in [2.05, 4.69) is 75.7 Å². The van der Waals surface area contributed by atoms with Crippen LogP contribution in [-0.4, -0.2) is 41.6 Å². The number of aromatic nitrogens is 1. The van der Waals surface area contributed by atoms with E-state index >= 15 is 0 Å². The number of rotatable bonds is 5. The molecule has 3 heterocycles. The Labute approximate surface area is 202 Å². The zero-order valence-electron chi connectivity index (χ0n) is 20.0. The van der Waals surface area contributed by atoms with Gasteiger partial charge in [-0.3, -0.25) is 4.98 Å². The molecule has 5 rings (SSSR count). The molecular formula is C28H33N5O. The van der Waals surface area contributed by atoms with Gasteiger partial charge in [0.15, 0.2) is 0 Å². The van der Waals surface area contributed by atoms with Crippen LogP contribution in [0.4, 0.5) is 21.9 Å². The van der Waals surface area contributed by atoms with Crippen molar-refractivity contribution in [1.29, 1.82) is 0 Å². The smallest absolute Gasteiger partial charge is 0.319 e. The number of fused-ring (bicyclic) bond motifs is 2. The summed E-state index contributed by atoms with van der Waals surface area (Å²) in [6.45, 7) is 8.34. The Hall–Kier alpha value is -3.38. The first-order chi connectivity index (χ1) is 16.5. The van der Waals surface area contributed by atoms with Crippen molar-refractivity contribution in [1.82, 2.24) is 15.2 Å². The minimum atomic E-state index is -0.223. The van der Waals surface area contributed by atoms with E-state index in [1.54, 1.807) is 12.4 Å². The van der Waals surface area contributed by atoms with Crippen LogP contribution in [0, 0.1) is 0 Å². The first kappa shape index (κ1) is 22.4. The first-order valence-corrected chi connectivity index (χ1v) is 12.2. The number of hydrogen-bond donors (Lipinski definition) is 2. The number of urea groups is 1. The van der Waals surface area contributed by atoms with Crippen LogP contribution >= 0.6 is 0 Å². The van der Waals surface area contributed by atoms with Gasteiger partial charge in [-0.1, -0.05) is 24.3 Å². The molecule has 3 aromatic rings. The summed E-state index contributed by atoms with van der Waals surface area (Å²) in [6.07, 6.45) is 5.85. The summed E-state index contributed by atoms with van der Waals surface area (Å²) in [5.41, 5.74) is 5.92. The number of pyridine rings is 1. The topological polar surface area (TPSA) is 60.5 Å². The van der Waals surface area contributed by atoms with E-state index in [4.69, 9.17) is 0 Å². The van der Waals surface area contributed by atoms with Crippen molar-refractivity contribution in [3.63, 3.8) is 0 Å². The number of nitrogens with zero attached hydrogens (tertiary/aromatic N) is 3. The number of carbonyl (C=O) groups excluding carboxylic acids is 1. The summed E-state index contributed by atoms with van der Waals surface area (Å²) in [6, 6.07) is 21.2. The van der Waals surface area contributed by atoms with Crippen molar-refractivity contribution < 1.29 is 4.79 Å². The van der Waals surface area contributed by atoms with Crippen LogP contribution in [0.15, 0.2) is 73.1 Å². The molecule has 0 bridgehead atoms. The number of likely N-dealkylation sites (tertiary alicyclic amines) is 1. The van der Waals surface area contributed by atoms with Gasteiger partial charge >= 0.3 is 6.03 Å². The van der Waals surface area contributed by atoms with Crippen molar-refractivity contribution in [2.45, 2.75) is 44.7 Å². The minimum Gasteiger partial charge on any atom is -0.340 e. The molecule has 6 heteroatoms. The summed E-state index contributed by atoms with van der Waals surface area (Å²) in [5, 5.41) is 5.80. The van der Waals surface area contributed by atoms with Crippen LogP contribution in [0.5, 0.6) is 0 Å². The maximum absolute atomic E-state index is 12.3. The van der Waals surface area contributed by atoms with Crippen LogP contribution in [0.25, 0.3) is 0 Å². The second-order valence-corrected chi connectivity index (χ2v) is 9.73. The van der Waals surface area contributed by atoms with Gasteiger partial charge in [0.05, 0.1) is 0 Å². The highest BCUT2D eigenvalue weighted by Gasteiger charge is 2.45. The fourth-order valence-corrected chi connectivity index (χ4v) is 5.34. The molecule has 2 aromatic carbocycles. The molecule has 2 amide bonds. The van der Waals surface area contributed by atoms with Crippen LogP contribution in [0.1, 0.15) is 37.8 Å². The third kappa shape index (κ3) is 4.50. The lowest BCUT2D eigenvalue weighted by Gasteiger charge is -2.41. The number of benzene rings is 2. The predicted octanol–water partition coefficient (Wildman–Crippen LogP) is 5.30. The molecule has 0 saturated carbocycles. The molecule has 0 aliphatic carbocycles. The molecule has 1 saturated heterocycles. The van der Waals surface area contributed by atoms with E-state index in [0.29, 0.717) is 12.6 Å². The highest BCUT2D eigenvalue weighted by atomic mass is 16.2. The van der Waals surface area contributed by atoms with Gasteiger partial charge < -0.3 is 20.4 Å². The molecule has 176 valence electrons. The predicted molar refractivity (Wildman–Crippen MR) is 138 cm³/mol. The Morgan fingerprint density at radius 3 is 2.50 bits per heavy atom. The second-order valence-electron chi connectivity index (χ2n) is 9.73. The molecule has 0 unspecified atom stereocenters. The number of amides is 2. The van der Waals surface area contributed by atoms with Gasteiger partial charge in [-0.05, 0) is 87.3 Å². The number of anilines is 3. The van der Waals surface area contributed by atoms with E-state index in [9.17, 15) is 4.79 Å². The zero-order chi connectivity index (χ0) is 23.5. The summed E-state index contributed by atoms with van der Waals surface area (Å²) < 4.78 is 0. The normalized spacial score (nSPS) is 17.1. The lowest BCUT2D eigenvalue weighted by Crippen LogP contribution is -2.46. The van der Waals surface area contributed by atoms with Gasteiger partial charge in [0.25, 0.3) is 0 Å². The van der Waals surface area contributed by atoms with Crippen molar-refractivity contribution >= 4 is 23.1 Å². The van der Waals surface area contributed by atoms with E-state index in [1.807, 2.05) is 24.3 Å². The van der Waals surface area contributed by atoms with E-state index < -0.39 is 0 Å². The molecule has 1 aromatic heterocycles. The monoisotopic (exact) mass is 455 g/mol. The number of nitrogens with one attached hydrogen (secondary N) is 2. The summed E-state index contributed by atoms with van der Waals surface area (Å²) in [4.78, 5) is 21.4. The van der Waals surface area contributed by atoms with Gasteiger partial charge in [-0.25, -0.2) is 4.79 Å². The van der Waals surface area contributed by atoms with Gasteiger partial charge in [-0.2, -0.15) is 0 Å². The molecule has 2 N–H and O–H groups in total. The number of piperidine rings is 1. The van der Waals surface area contributed by atoms with Gasteiger partial charge in [-0.15, -0.1) is 0 Å². The Balaban J connectivity index is 1.27. The molecule has 2 aliphatic heterocycles. The van der Waals surface area contributed by atoms with Crippen LogP contribution in [-0.2, 0) is 12.0 Å². The Morgan fingerprint density at radius 2 is 1.79 bits per heavy atom. The third-order valence-corrected chi connectivity index (χ3v) is 7.33. The SMILES string of the molecule is CC(C)N1CCC2(CC1)CN(c1ccc(NC(=O)NCc3cccnc3)cc1)c1ccccc12. The first-order valence-electron chi connectivity index (χ1n) is 12.2. The molecule has 0 atom stereocenters. The van der Waals surface area contributed by atoms with Crippen LogP contribution in [0.2, 0.25) is 0 Å². The van der Waals surface area contributed by atoms with Gasteiger partial charge in [0, 0.05) is 54.0 Å². The highest BCUT2D eigenvalue weighted by Crippen LogP contribution is 2.49. The molecule has 6 nitrogen and oxygen atoms in total. The number of para-hydroxylation sites is 1. The van der Waals surface area contributed by atoms with E-state index in [0.717, 1.165) is 36.6 Å². The lowest BCUT2D eigenvalue weighted by atomic mass is 9.74. The zero-order valence-corrected chi connectivity index (χ0v) is 20.0. The molecular weight excluding hydrogens is 422 g/mol. The average molecular weight is 456 g/mol. The Bertz CT molecular complexity index is 1120. The maximum atomic E-state index is 12.3. The van der Waals surface area contributed by atoms with Gasteiger partial charge in [0.1, 0.15) is 0 Å². The van der Waals surface area contributed by atoms with Crippen molar-refractivity contribution in [3.8, 4) is 0 Å². The minimum absolute atomic E-state index is 0.213. The lowest BCUT2D eigenvalue weighted by molar-refractivity contribution is 0.136. The van der Waals surface area contributed by atoms with E-state index in [1.165, 1.54) is 24.1 Å². The molecule has 0 radical (unpaired) electrons. The number of hydrogen-bond acceptors (Lipinski definition) is 4. The third-order valence-electron chi connectivity index (χ3n) is 7.33. The van der Waals surface area contributed by atoms with Gasteiger partial charge in [0.2, 0.25) is 0 Å². The molecule has 34 heavy (non-hydrogen) atoms. The standard InChI is InChI=1S/C28H33N5O/c1-21(2)32-16-13-28(14-17-32)20-33(26-8-4-3-7-25(26)28)24-11-9-23(10-12-24)31-27(34)30-19-22-6-5-15-29-18-22/h3-12,15,18,21H,13-14,16-17,19-20H2,1-2H3,(H2,30,31,34). The largest absolute Gasteiger partial charge is 0.340 e. The van der Waals surface area contributed by atoms with Crippen molar-refractivity contribution in [2.75, 3.05) is 29.9 Å².